The molecule has 0 radical (unpaired) electrons. The zero-order valence-electron chi connectivity index (χ0n) is 12.6. The summed E-state index contributed by atoms with van der Waals surface area (Å²) >= 11 is 1.40. The lowest BCUT2D eigenvalue weighted by molar-refractivity contribution is -0.116. The lowest BCUT2D eigenvalue weighted by Crippen LogP contribution is -2.17. The number of hydrogen-bond acceptors (Lipinski definition) is 4. The Morgan fingerprint density at radius 1 is 1.17 bits per heavy atom. The van der Waals surface area contributed by atoms with Crippen molar-refractivity contribution in [3.05, 3.63) is 47.5 Å². The van der Waals surface area contributed by atoms with Crippen molar-refractivity contribution in [3.8, 4) is 11.3 Å². The molecule has 114 valence electrons. The standard InChI is InChI=1S/C18H14N2O2S/c1-2-5-14(21)19-12-8-3-6-10-15(12)18(22)11-7-4-9-13-16(11)17(10)20-23-13/h3-4,6-9H,2,5H2,1H3,(H,19,21). The van der Waals surface area contributed by atoms with Crippen molar-refractivity contribution in [2.24, 2.45) is 0 Å². The van der Waals surface area contributed by atoms with Gasteiger partial charge < -0.3 is 5.32 Å². The van der Waals surface area contributed by atoms with Crippen LogP contribution in [0.4, 0.5) is 5.69 Å². The molecule has 3 aromatic rings. The third-order valence-electron chi connectivity index (χ3n) is 4.04. The Bertz CT molecular complexity index is 959. The van der Waals surface area contributed by atoms with Gasteiger partial charge in [0.25, 0.3) is 0 Å². The van der Waals surface area contributed by atoms with E-state index in [1.54, 1.807) is 6.07 Å². The SMILES string of the molecule is CCCC(=O)Nc1cccc2c1C(=O)c1cccc3snc-2c13. The average Bonchev–Trinajstić information content (AvgIpc) is 2.98. The van der Waals surface area contributed by atoms with Gasteiger partial charge in [0.2, 0.25) is 5.91 Å². The van der Waals surface area contributed by atoms with E-state index in [4.69, 9.17) is 0 Å². The summed E-state index contributed by atoms with van der Waals surface area (Å²) in [6.07, 6.45) is 1.21. The molecule has 0 atom stereocenters. The number of carbonyl (C=O) groups excluding carboxylic acids is 2. The van der Waals surface area contributed by atoms with Crippen molar-refractivity contribution in [1.29, 1.82) is 0 Å². The maximum Gasteiger partial charge on any atom is 0.224 e. The molecular formula is C18H14N2O2S. The van der Waals surface area contributed by atoms with Gasteiger partial charge in [0, 0.05) is 22.9 Å². The van der Waals surface area contributed by atoms with Crippen molar-refractivity contribution in [1.82, 2.24) is 4.37 Å². The van der Waals surface area contributed by atoms with Gasteiger partial charge in [-0.25, -0.2) is 0 Å². The largest absolute Gasteiger partial charge is 0.325 e. The molecule has 0 bridgehead atoms. The first-order chi connectivity index (χ1) is 11.2. The number of hydrogen-bond donors (Lipinski definition) is 1. The van der Waals surface area contributed by atoms with Gasteiger partial charge in [-0.15, -0.1) is 0 Å². The van der Waals surface area contributed by atoms with Crippen LogP contribution in [-0.2, 0) is 4.79 Å². The smallest absolute Gasteiger partial charge is 0.224 e. The zero-order chi connectivity index (χ0) is 16.0. The van der Waals surface area contributed by atoms with Gasteiger partial charge in [-0.3, -0.25) is 9.59 Å². The quantitative estimate of drug-likeness (QED) is 0.613. The van der Waals surface area contributed by atoms with Gasteiger partial charge in [-0.05, 0) is 30.1 Å². The zero-order valence-corrected chi connectivity index (χ0v) is 13.4. The number of aromatic nitrogens is 1. The van der Waals surface area contributed by atoms with Crippen molar-refractivity contribution >= 4 is 39.0 Å². The number of benzene rings is 2. The van der Waals surface area contributed by atoms with Crippen LogP contribution in [-0.4, -0.2) is 16.1 Å². The van der Waals surface area contributed by atoms with Crippen molar-refractivity contribution in [2.45, 2.75) is 19.8 Å². The van der Waals surface area contributed by atoms with Crippen molar-refractivity contribution in [3.63, 3.8) is 0 Å². The van der Waals surface area contributed by atoms with Crippen LogP contribution in [0.3, 0.4) is 0 Å². The monoisotopic (exact) mass is 322 g/mol. The van der Waals surface area contributed by atoms with Crippen LogP contribution in [0.1, 0.15) is 35.7 Å². The highest BCUT2D eigenvalue weighted by Gasteiger charge is 2.29. The van der Waals surface area contributed by atoms with Gasteiger partial charge in [0.1, 0.15) is 0 Å². The minimum absolute atomic E-state index is 0.0503. The fourth-order valence-electron chi connectivity index (χ4n) is 3.04. The van der Waals surface area contributed by atoms with Crippen LogP contribution in [0.15, 0.2) is 36.4 Å². The molecule has 23 heavy (non-hydrogen) atoms. The number of ketones is 1. The highest BCUT2D eigenvalue weighted by atomic mass is 32.1. The number of carbonyl (C=O) groups is 2. The Balaban J connectivity index is 1.93. The molecule has 4 rings (SSSR count). The van der Waals surface area contributed by atoms with E-state index in [2.05, 4.69) is 9.69 Å². The molecule has 5 heteroatoms. The van der Waals surface area contributed by atoms with E-state index in [1.165, 1.54) is 11.5 Å². The van der Waals surface area contributed by atoms with Crippen LogP contribution in [0.2, 0.25) is 0 Å². The predicted molar refractivity (Wildman–Crippen MR) is 92.0 cm³/mol. The summed E-state index contributed by atoms with van der Waals surface area (Å²) in [4.78, 5) is 24.9. The van der Waals surface area contributed by atoms with Crippen molar-refractivity contribution < 1.29 is 9.59 Å². The van der Waals surface area contributed by atoms with Gasteiger partial charge in [0.05, 0.1) is 21.6 Å². The number of rotatable bonds is 3. The minimum atomic E-state index is -0.0732. The molecular weight excluding hydrogens is 308 g/mol. The Morgan fingerprint density at radius 2 is 1.96 bits per heavy atom. The molecule has 4 nitrogen and oxygen atoms in total. The van der Waals surface area contributed by atoms with Crippen LogP contribution in [0.5, 0.6) is 0 Å². The fourth-order valence-corrected chi connectivity index (χ4v) is 3.85. The maximum atomic E-state index is 13.0. The van der Waals surface area contributed by atoms with Crippen molar-refractivity contribution in [2.75, 3.05) is 5.32 Å². The summed E-state index contributed by atoms with van der Waals surface area (Å²) < 4.78 is 5.55. The number of anilines is 1. The number of nitrogens with one attached hydrogen (secondary N) is 1. The van der Waals surface area contributed by atoms with E-state index in [0.717, 1.165) is 27.8 Å². The van der Waals surface area contributed by atoms with Gasteiger partial charge in [0.15, 0.2) is 5.78 Å². The third-order valence-corrected chi connectivity index (χ3v) is 4.85. The third kappa shape index (κ3) is 2.08. The molecule has 0 aliphatic heterocycles. The van der Waals surface area contributed by atoms with E-state index in [-0.39, 0.29) is 11.7 Å². The molecule has 0 fully saturated rings. The Kier molecular flexibility index (Phi) is 3.23. The summed E-state index contributed by atoms with van der Waals surface area (Å²) in [7, 11) is 0. The number of nitrogens with zero attached hydrogens (tertiary/aromatic N) is 1. The molecule has 2 aromatic carbocycles. The first kappa shape index (κ1) is 14.1. The molecule has 0 saturated carbocycles. The second kappa shape index (κ2) is 5.28. The highest BCUT2D eigenvalue weighted by molar-refractivity contribution is 7.13. The van der Waals surface area contributed by atoms with Crippen LogP contribution in [0.25, 0.3) is 21.3 Å². The summed E-state index contributed by atoms with van der Waals surface area (Å²) in [6.45, 7) is 1.95. The Morgan fingerprint density at radius 3 is 2.78 bits per heavy atom. The van der Waals surface area contributed by atoms with Crippen LogP contribution >= 0.6 is 11.5 Å². The summed E-state index contributed by atoms with van der Waals surface area (Å²) in [5.74, 6) is -0.123. The molecule has 1 N–H and O–H groups in total. The fraction of sp³-hybridized carbons (Fsp3) is 0.167. The maximum absolute atomic E-state index is 13.0. The average molecular weight is 322 g/mol. The summed E-state index contributed by atoms with van der Waals surface area (Å²) in [5.41, 5.74) is 3.41. The van der Waals surface area contributed by atoms with E-state index < -0.39 is 0 Å². The lowest BCUT2D eigenvalue weighted by atomic mass is 9.86. The number of amides is 1. The van der Waals surface area contributed by atoms with E-state index >= 15 is 0 Å². The first-order valence-electron chi connectivity index (χ1n) is 7.57. The molecule has 0 saturated heterocycles. The summed E-state index contributed by atoms with van der Waals surface area (Å²) in [6, 6.07) is 11.2. The molecule has 0 unspecified atom stereocenters. The first-order valence-corrected chi connectivity index (χ1v) is 8.34. The van der Waals surface area contributed by atoms with E-state index in [0.29, 0.717) is 23.2 Å². The topological polar surface area (TPSA) is 59.1 Å². The van der Waals surface area contributed by atoms with Gasteiger partial charge in [-0.1, -0.05) is 31.2 Å². The molecule has 1 aromatic heterocycles. The molecule has 1 aliphatic rings. The Hall–Kier alpha value is -2.53. The molecule has 1 heterocycles. The summed E-state index contributed by atoms with van der Waals surface area (Å²) in [5, 5.41) is 3.80. The van der Waals surface area contributed by atoms with Gasteiger partial charge in [-0.2, -0.15) is 4.37 Å². The molecule has 1 amide bonds. The molecule has 0 spiro atoms. The van der Waals surface area contributed by atoms with Gasteiger partial charge >= 0.3 is 0 Å². The predicted octanol–water partition coefficient (Wildman–Crippen LogP) is 4.25. The normalized spacial score (nSPS) is 12.3. The van der Waals surface area contributed by atoms with Crippen LogP contribution < -0.4 is 5.32 Å². The Labute approximate surface area is 137 Å². The van der Waals surface area contributed by atoms with E-state index in [1.807, 2.05) is 37.3 Å². The second-order valence-electron chi connectivity index (χ2n) is 5.57. The molecule has 1 aliphatic carbocycles. The minimum Gasteiger partial charge on any atom is -0.325 e. The second-order valence-corrected chi connectivity index (χ2v) is 6.37. The number of fused-ring (bicyclic) bond motifs is 2. The lowest BCUT2D eigenvalue weighted by Gasteiger charge is -2.18. The van der Waals surface area contributed by atoms with Crippen LogP contribution in [0, 0.1) is 0 Å². The van der Waals surface area contributed by atoms with E-state index in [9.17, 15) is 9.59 Å². The highest BCUT2D eigenvalue weighted by Crippen LogP contribution is 2.42.